The van der Waals surface area contributed by atoms with Gasteiger partial charge in [0.15, 0.2) is 0 Å². The summed E-state index contributed by atoms with van der Waals surface area (Å²) in [4.78, 5) is 0. The number of rotatable bonds is 0. The molecule has 0 atom stereocenters. The van der Waals surface area contributed by atoms with Gasteiger partial charge in [0.2, 0.25) is 0 Å². The summed E-state index contributed by atoms with van der Waals surface area (Å²) in [6, 6.07) is 0. The molecule has 100 valence electrons. The van der Waals surface area contributed by atoms with E-state index in [4.69, 9.17) is 0 Å². The minimum absolute atomic E-state index is 0.833. The molecule has 0 saturated carbocycles. The Bertz CT molecular complexity index is 23.8. The maximum absolute atomic E-state index is 2.17. The van der Waals surface area contributed by atoms with E-state index in [0.717, 1.165) is 11.8 Å². The van der Waals surface area contributed by atoms with Gasteiger partial charge in [0.1, 0.15) is 0 Å². The van der Waals surface area contributed by atoms with Crippen molar-refractivity contribution in [2.24, 2.45) is 11.8 Å². The van der Waals surface area contributed by atoms with Gasteiger partial charge in [0.25, 0.3) is 0 Å². The molecule has 0 spiro atoms. The highest BCUT2D eigenvalue weighted by Crippen LogP contribution is 1.81. The second kappa shape index (κ2) is 48.3. The van der Waals surface area contributed by atoms with Gasteiger partial charge in [-0.05, 0) is 11.8 Å². The monoisotopic (exact) mass is 220 g/mol. The minimum Gasteiger partial charge on any atom is -0.0683 e. The predicted molar refractivity (Wildman–Crippen MR) is 79.7 cm³/mol. The lowest BCUT2D eigenvalue weighted by molar-refractivity contribution is 0.736. The van der Waals surface area contributed by atoms with Crippen LogP contribution in [-0.2, 0) is 0 Å². The van der Waals surface area contributed by atoms with Gasteiger partial charge >= 0.3 is 0 Å². The molecule has 0 bridgehead atoms. The van der Waals surface area contributed by atoms with Gasteiger partial charge in [-0.1, -0.05) is 89.5 Å². The van der Waals surface area contributed by atoms with Crippen LogP contribution in [0.15, 0.2) is 0 Å². The third-order valence-corrected chi connectivity index (χ3v) is 0. The van der Waals surface area contributed by atoms with Crippen LogP contribution in [0, 0.1) is 11.8 Å². The maximum atomic E-state index is 2.17. The van der Waals surface area contributed by atoms with Crippen molar-refractivity contribution < 1.29 is 0 Å². The van der Waals surface area contributed by atoms with Crippen molar-refractivity contribution in [3.05, 3.63) is 0 Å². The van der Waals surface area contributed by atoms with E-state index >= 15 is 0 Å². The van der Waals surface area contributed by atoms with Crippen molar-refractivity contribution in [3.63, 3.8) is 0 Å². The molecular formula is C15H40. The summed E-state index contributed by atoms with van der Waals surface area (Å²) in [5.74, 6) is 1.67. The first-order valence-electron chi connectivity index (χ1n) is 6.88. The normalized spacial score (nSPS) is 6.80. The van der Waals surface area contributed by atoms with Crippen LogP contribution in [0.25, 0.3) is 0 Å². The molecule has 0 nitrogen and oxygen atoms in total. The molecule has 0 saturated heterocycles. The van der Waals surface area contributed by atoms with E-state index in [1.165, 1.54) is 6.42 Å². The lowest BCUT2D eigenvalue weighted by atomic mass is 10.3. The molecule has 0 unspecified atom stereocenters. The Morgan fingerprint density at radius 3 is 0.533 bits per heavy atom. The predicted octanol–water partition coefficient (Wildman–Crippen LogP) is 6.79. The summed E-state index contributed by atoms with van der Waals surface area (Å²) in [6.07, 6.45) is 1.25. The fourth-order valence-electron chi connectivity index (χ4n) is 0. The highest BCUT2D eigenvalue weighted by Gasteiger charge is 1.68. The van der Waals surface area contributed by atoms with E-state index < -0.39 is 0 Å². The fraction of sp³-hybridized carbons (Fsp3) is 1.00. The molecule has 15 heavy (non-hydrogen) atoms. The zero-order valence-electron chi connectivity index (χ0n) is 13.9. The maximum Gasteiger partial charge on any atom is -0.0500 e. The molecule has 0 aromatic heterocycles. The molecule has 0 heteroatoms. The third kappa shape index (κ3) is 0. The first-order valence-corrected chi connectivity index (χ1v) is 6.88. The van der Waals surface area contributed by atoms with Gasteiger partial charge in [-0.25, -0.2) is 0 Å². The summed E-state index contributed by atoms with van der Waals surface area (Å²) in [5, 5.41) is 0. The van der Waals surface area contributed by atoms with Crippen molar-refractivity contribution in [1.82, 2.24) is 0 Å². The van der Waals surface area contributed by atoms with Gasteiger partial charge in [-0.15, -0.1) is 0 Å². The van der Waals surface area contributed by atoms with Crippen LogP contribution in [0.4, 0.5) is 0 Å². The molecule has 0 aromatic carbocycles. The molecular weight excluding hydrogens is 180 g/mol. The first kappa shape index (κ1) is 29.4. The van der Waals surface area contributed by atoms with Crippen molar-refractivity contribution >= 4 is 0 Å². The Labute approximate surface area is 102 Å². The summed E-state index contributed by atoms with van der Waals surface area (Å²) in [6.45, 7) is 25.2. The SMILES string of the molecule is CC.CC.CC(C)C.CC(C)C.CCC. The quantitative estimate of drug-likeness (QED) is 0.421. The van der Waals surface area contributed by atoms with Crippen molar-refractivity contribution in [2.75, 3.05) is 0 Å². The lowest BCUT2D eigenvalue weighted by Crippen LogP contribution is -1.66. The van der Waals surface area contributed by atoms with Crippen LogP contribution in [0.1, 0.15) is 89.5 Å². The fourth-order valence-corrected chi connectivity index (χ4v) is 0. The molecule has 0 aromatic rings. The van der Waals surface area contributed by atoms with Gasteiger partial charge in [0.05, 0.1) is 0 Å². The van der Waals surface area contributed by atoms with Crippen LogP contribution in [-0.4, -0.2) is 0 Å². The summed E-state index contributed by atoms with van der Waals surface area (Å²) >= 11 is 0. The van der Waals surface area contributed by atoms with E-state index in [-0.39, 0.29) is 0 Å². The highest BCUT2D eigenvalue weighted by atomic mass is 13.7. The van der Waals surface area contributed by atoms with Crippen molar-refractivity contribution in [3.8, 4) is 0 Å². The van der Waals surface area contributed by atoms with Gasteiger partial charge in [-0.3, -0.25) is 0 Å². The first-order chi connectivity index (χ1) is 6.88. The molecule has 0 aliphatic rings. The van der Waals surface area contributed by atoms with Crippen LogP contribution < -0.4 is 0 Å². The van der Waals surface area contributed by atoms with E-state index in [2.05, 4.69) is 55.4 Å². The largest absolute Gasteiger partial charge is 0.0683 e. The van der Waals surface area contributed by atoms with Gasteiger partial charge in [0, 0.05) is 0 Å². The zero-order valence-corrected chi connectivity index (χ0v) is 13.9. The Balaban J connectivity index is -0.0000000289. The van der Waals surface area contributed by atoms with E-state index in [1.54, 1.807) is 0 Å². The van der Waals surface area contributed by atoms with Crippen molar-refractivity contribution in [1.29, 1.82) is 0 Å². The number of hydrogen-bond donors (Lipinski definition) is 0. The molecule has 0 aliphatic carbocycles. The third-order valence-electron chi connectivity index (χ3n) is 0. The minimum atomic E-state index is 0.833. The van der Waals surface area contributed by atoms with E-state index in [0.29, 0.717) is 0 Å². The van der Waals surface area contributed by atoms with E-state index in [1.807, 2.05) is 27.7 Å². The second-order valence-corrected chi connectivity index (χ2v) is 4.17. The molecule has 0 radical (unpaired) electrons. The van der Waals surface area contributed by atoms with Crippen LogP contribution in [0.2, 0.25) is 0 Å². The van der Waals surface area contributed by atoms with Crippen molar-refractivity contribution in [2.45, 2.75) is 89.5 Å². The summed E-state index contributed by atoms with van der Waals surface area (Å²) in [7, 11) is 0. The lowest BCUT2D eigenvalue weighted by Gasteiger charge is -1.79. The molecule has 0 amide bonds. The standard InChI is InChI=1S/2C4H10.C3H8.2C2H6/c2*1-4(2)3;1-3-2;2*1-2/h2*4H,1-3H3;3H2,1-2H3;2*1-2H3. The molecule has 0 fully saturated rings. The average Bonchev–Trinajstić information content (AvgIpc) is 2.09. The summed E-state index contributed by atoms with van der Waals surface area (Å²) in [5.41, 5.74) is 0. The molecule has 0 rings (SSSR count). The molecule has 0 aliphatic heterocycles. The molecule has 0 N–H and O–H groups in total. The van der Waals surface area contributed by atoms with Gasteiger partial charge < -0.3 is 0 Å². The Morgan fingerprint density at radius 2 is 0.533 bits per heavy atom. The van der Waals surface area contributed by atoms with Crippen LogP contribution in [0.3, 0.4) is 0 Å². The molecule has 0 heterocycles. The number of hydrogen-bond acceptors (Lipinski definition) is 0. The van der Waals surface area contributed by atoms with Crippen LogP contribution >= 0.6 is 0 Å². The van der Waals surface area contributed by atoms with E-state index in [9.17, 15) is 0 Å². The smallest absolute Gasteiger partial charge is 0.0500 e. The highest BCUT2D eigenvalue weighted by molar-refractivity contribution is 4.21. The topological polar surface area (TPSA) is 0 Å². The Kier molecular flexibility index (Phi) is 94.6. The second-order valence-electron chi connectivity index (χ2n) is 4.17. The van der Waals surface area contributed by atoms with Gasteiger partial charge in [-0.2, -0.15) is 0 Å². The van der Waals surface area contributed by atoms with Crippen LogP contribution in [0.5, 0.6) is 0 Å². The average molecular weight is 220 g/mol. The Hall–Kier alpha value is 0. The zero-order chi connectivity index (χ0) is 13.9. The Morgan fingerprint density at radius 1 is 0.533 bits per heavy atom. The summed E-state index contributed by atoms with van der Waals surface area (Å²) < 4.78 is 0.